The van der Waals surface area contributed by atoms with Crippen LogP contribution in [0.1, 0.15) is 16.8 Å². The fraction of sp³-hybridized carbons (Fsp3) is 0.227. The monoisotopic (exact) mass is 384 g/mol. The summed E-state index contributed by atoms with van der Waals surface area (Å²) >= 11 is 11.8. The lowest BCUT2D eigenvalue weighted by atomic mass is 10.1. The number of pyridine rings is 1. The summed E-state index contributed by atoms with van der Waals surface area (Å²) in [6.45, 7) is 3.71. The number of hydrogen-bond donors (Lipinski definition) is 0. The molecule has 0 unspecified atom stereocenters. The van der Waals surface area contributed by atoms with E-state index >= 15 is 0 Å². The lowest BCUT2D eigenvalue weighted by Gasteiger charge is -2.22. The minimum atomic E-state index is 0.589. The number of benzene rings is 2. The maximum Gasteiger partial charge on any atom is 0.0711 e. The predicted octanol–water partition coefficient (Wildman–Crippen LogP) is 6.00. The van der Waals surface area contributed by atoms with Crippen LogP contribution in [0.3, 0.4) is 0 Å². The highest BCUT2D eigenvalue weighted by molar-refractivity contribution is 6.18. The maximum absolute atomic E-state index is 5.88. The fourth-order valence-electron chi connectivity index (χ4n) is 3.01. The Morgan fingerprint density at radius 1 is 0.923 bits per heavy atom. The Morgan fingerprint density at radius 3 is 2.31 bits per heavy atom. The van der Waals surface area contributed by atoms with Crippen LogP contribution in [0.5, 0.6) is 0 Å². The standard InChI is InChI=1S/C22H22Cl2N2/c1-17-16-19(25-22-5-3-2-4-21(17)22)9-6-18-7-10-20(11-8-18)26(14-12-23)15-13-24/h2-11,16H,12-15H2,1H3/b9-6+. The molecule has 0 atom stereocenters. The number of hydrogen-bond acceptors (Lipinski definition) is 2. The van der Waals surface area contributed by atoms with Crippen LogP contribution in [-0.2, 0) is 0 Å². The SMILES string of the molecule is Cc1cc(/C=C/c2ccc(N(CCCl)CCCl)cc2)nc2ccccc12. The van der Waals surface area contributed by atoms with E-state index < -0.39 is 0 Å². The molecule has 0 fully saturated rings. The number of rotatable bonds is 7. The summed E-state index contributed by atoms with van der Waals surface area (Å²) in [6.07, 6.45) is 4.15. The topological polar surface area (TPSA) is 16.1 Å². The molecule has 0 radical (unpaired) electrons. The van der Waals surface area contributed by atoms with Crippen molar-refractivity contribution in [2.75, 3.05) is 29.7 Å². The van der Waals surface area contributed by atoms with Gasteiger partial charge in [0.15, 0.2) is 0 Å². The molecule has 0 amide bonds. The van der Waals surface area contributed by atoms with Gasteiger partial charge >= 0.3 is 0 Å². The van der Waals surface area contributed by atoms with E-state index in [2.05, 4.69) is 66.4 Å². The van der Waals surface area contributed by atoms with E-state index in [4.69, 9.17) is 28.2 Å². The van der Waals surface area contributed by atoms with Gasteiger partial charge in [-0.15, -0.1) is 23.2 Å². The van der Waals surface area contributed by atoms with Crippen molar-refractivity contribution in [3.05, 3.63) is 71.4 Å². The van der Waals surface area contributed by atoms with Crippen molar-refractivity contribution in [2.45, 2.75) is 6.92 Å². The molecule has 0 aliphatic rings. The van der Waals surface area contributed by atoms with E-state index in [1.54, 1.807) is 0 Å². The molecule has 0 saturated carbocycles. The Hall–Kier alpha value is -2.03. The van der Waals surface area contributed by atoms with Crippen LogP contribution >= 0.6 is 23.2 Å². The first-order valence-corrected chi connectivity index (χ1v) is 9.79. The summed E-state index contributed by atoms with van der Waals surface area (Å²) in [7, 11) is 0. The molecule has 0 bridgehead atoms. The number of halogens is 2. The highest BCUT2D eigenvalue weighted by Gasteiger charge is 2.05. The lowest BCUT2D eigenvalue weighted by Crippen LogP contribution is -2.27. The van der Waals surface area contributed by atoms with Gasteiger partial charge < -0.3 is 4.90 Å². The van der Waals surface area contributed by atoms with Crippen molar-refractivity contribution in [3.8, 4) is 0 Å². The Kier molecular flexibility index (Phi) is 6.54. The van der Waals surface area contributed by atoms with Crippen LogP contribution in [0.15, 0.2) is 54.6 Å². The van der Waals surface area contributed by atoms with E-state index in [-0.39, 0.29) is 0 Å². The Bertz CT molecular complexity index is 882. The van der Waals surface area contributed by atoms with E-state index in [9.17, 15) is 0 Å². The van der Waals surface area contributed by atoms with Gasteiger partial charge in [0.25, 0.3) is 0 Å². The Morgan fingerprint density at radius 2 is 1.62 bits per heavy atom. The summed E-state index contributed by atoms with van der Waals surface area (Å²) in [6, 6.07) is 18.8. The number of fused-ring (bicyclic) bond motifs is 1. The zero-order chi connectivity index (χ0) is 18.4. The molecule has 1 aromatic heterocycles. The van der Waals surface area contributed by atoms with E-state index in [1.165, 1.54) is 10.9 Å². The maximum atomic E-state index is 5.88. The largest absolute Gasteiger partial charge is 0.369 e. The van der Waals surface area contributed by atoms with E-state index in [1.807, 2.05) is 12.1 Å². The minimum absolute atomic E-state index is 0.589. The number of anilines is 1. The van der Waals surface area contributed by atoms with Crippen LogP contribution in [0.25, 0.3) is 23.1 Å². The van der Waals surface area contributed by atoms with E-state index in [0.717, 1.165) is 35.6 Å². The van der Waals surface area contributed by atoms with Gasteiger partial charge in [-0.1, -0.05) is 36.4 Å². The quantitative estimate of drug-likeness (QED) is 0.464. The molecule has 3 aromatic rings. The predicted molar refractivity (Wildman–Crippen MR) is 116 cm³/mol. The summed E-state index contributed by atoms with van der Waals surface area (Å²) in [4.78, 5) is 6.92. The second kappa shape index (κ2) is 9.07. The molecule has 0 N–H and O–H groups in total. The average molecular weight is 385 g/mol. The first-order valence-electron chi connectivity index (χ1n) is 8.72. The third-order valence-corrected chi connectivity index (χ3v) is 4.69. The number of aromatic nitrogens is 1. The highest BCUT2D eigenvalue weighted by atomic mass is 35.5. The molecule has 0 aliphatic carbocycles. The molecule has 0 aliphatic heterocycles. The van der Waals surface area contributed by atoms with Gasteiger partial charge in [-0.2, -0.15) is 0 Å². The van der Waals surface area contributed by atoms with Crippen molar-refractivity contribution < 1.29 is 0 Å². The molecule has 0 saturated heterocycles. The van der Waals surface area contributed by atoms with Gasteiger partial charge in [-0.3, -0.25) is 0 Å². The van der Waals surface area contributed by atoms with Gasteiger partial charge in [0, 0.05) is 35.9 Å². The summed E-state index contributed by atoms with van der Waals surface area (Å²) in [5.74, 6) is 1.18. The van der Waals surface area contributed by atoms with Crippen molar-refractivity contribution in [1.82, 2.24) is 4.98 Å². The fourth-order valence-corrected chi connectivity index (χ4v) is 3.42. The molecule has 0 spiro atoms. The molecular weight excluding hydrogens is 363 g/mol. The average Bonchev–Trinajstić information content (AvgIpc) is 2.67. The molecule has 2 aromatic carbocycles. The number of nitrogens with zero attached hydrogens (tertiary/aromatic N) is 2. The molecule has 4 heteroatoms. The smallest absolute Gasteiger partial charge is 0.0711 e. The van der Waals surface area contributed by atoms with Gasteiger partial charge in [0.1, 0.15) is 0 Å². The van der Waals surface area contributed by atoms with E-state index in [0.29, 0.717) is 11.8 Å². The van der Waals surface area contributed by atoms with Gasteiger partial charge in [-0.25, -0.2) is 4.98 Å². The lowest BCUT2D eigenvalue weighted by molar-refractivity contribution is 0.874. The second-order valence-electron chi connectivity index (χ2n) is 6.17. The first-order chi connectivity index (χ1) is 12.7. The zero-order valence-corrected chi connectivity index (χ0v) is 16.3. The zero-order valence-electron chi connectivity index (χ0n) is 14.8. The highest BCUT2D eigenvalue weighted by Crippen LogP contribution is 2.20. The summed E-state index contributed by atoms with van der Waals surface area (Å²) in [5.41, 5.74) is 5.51. The van der Waals surface area contributed by atoms with Crippen LogP contribution < -0.4 is 4.90 Å². The number of para-hydroxylation sites is 1. The molecule has 1 heterocycles. The number of alkyl halides is 2. The van der Waals surface area contributed by atoms with Crippen molar-refractivity contribution >= 4 is 51.9 Å². The van der Waals surface area contributed by atoms with Crippen LogP contribution in [-0.4, -0.2) is 29.8 Å². The van der Waals surface area contributed by atoms with Gasteiger partial charge in [-0.05, 0) is 48.4 Å². The minimum Gasteiger partial charge on any atom is -0.369 e. The molecule has 134 valence electrons. The van der Waals surface area contributed by atoms with Crippen molar-refractivity contribution in [1.29, 1.82) is 0 Å². The summed E-state index contributed by atoms with van der Waals surface area (Å²) in [5, 5.41) is 1.20. The normalized spacial score (nSPS) is 11.3. The van der Waals surface area contributed by atoms with Gasteiger partial charge in [0.05, 0.1) is 11.2 Å². The third-order valence-electron chi connectivity index (χ3n) is 4.36. The second-order valence-corrected chi connectivity index (χ2v) is 6.93. The Balaban J connectivity index is 1.78. The van der Waals surface area contributed by atoms with Crippen molar-refractivity contribution in [2.24, 2.45) is 0 Å². The van der Waals surface area contributed by atoms with Crippen LogP contribution in [0.4, 0.5) is 5.69 Å². The summed E-state index contributed by atoms with van der Waals surface area (Å²) < 4.78 is 0. The third kappa shape index (κ3) is 4.57. The Labute approximate surface area is 165 Å². The van der Waals surface area contributed by atoms with Crippen LogP contribution in [0, 0.1) is 6.92 Å². The van der Waals surface area contributed by atoms with Crippen LogP contribution in [0.2, 0.25) is 0 Å². The van der Waals surface area contributed by atoms with Crippen molar-refractivity contribution in [3.63, 3.8) is 0 Å². The molecule has 2 nitrogen and oxygen atoms in total. The van der Waals surface area contributed by atoms with Gasteiger partial charge in [0.2, 0.25) is 0 Å². The first kappa shape index (κ1) is 18.8. The molecular formula is C22H22Cl2N2. The molecule has 26 heavy (non-hydrogen) atoms. The molecule has 3 rings (SSSR count). The number of aryl methyl sites for hydroxylation is 1.